The molecule has 19 nitrogen and oxygen atoms in total. The Balaban J connectivity index is 1.52. The molecule has 65 heavy (non-hydrogen) atoms. The Kier molecular flexibility index (Phi) is 16.8. The van der Waals surface area contributed by atoms with Crippen LogP contribution >= 0.6 is 24.0 Å². The van der Waals surface area contributed by atoms with Crippen LogP contribution in [-0.4, -0.2) is 156 Å². The molecule has 1 saturated heterocycles. The molecule has 1 aliphatic carbocycles. The lowest BCUT2D eigenvalue weighted by molar-refractivity contribution is -0.232. The topological polar surface area (TPSA) is 303 Å². The first kappa shape index (κ1) is 51.7. The van der Waals surface area contributed by atoms with Crippen LogP contribution in [0.1, 0.15) is 78.2 Å². The molecule has 1 aromatic rings. The number of thioether (sulfide) groups is 1. The SMILES string of the molecule is CO[C@H]1C=CO[C@@]2(C)Oc3c(C)c(O)c4c(c3C2=O)C(=O)C(SCCNC(=S)N[C@@H]2O[C@H](CO)[C@@H](O)[C@H](O)[C@H]2O)=C(NC(=O)/C(C)=C\C=C/[C@H](C)[C@H](O)[C@@H](C)[C@@H](O)[C@@H](C)[C@H](O)[C@@H]1C)C4=O. The summed E-state index contributed by atoms with van der Waals surface area (Å²) in [6.07, 6.45) is -4.53. The van der Waals surface area contributed by atoms with Crippen LogP contribution in [0.3, 0.4) is 0 Å². The highest BCUT2D eigenvalue weighted by atomic mass is 32.2. The minimum Gasteiger partial charge on any atom is -0.507 e. The number of carbonyl (C=O) groups is 4. The number of carbonyl (C=O) groups excluding carboxylic acids is 4. The molecule has 4 heterocycles. The maximum Gasteiger partial charge on any atom is 0.312 e. The molecule has 11 N–H and O–H groups in total. The summed E-state index contributed by atoms with van der Waals surface area (Å²) in [7, 11) is 1.39. The molecule has 1 fully saturated rings. The molecule has 1 amide bonds. The number of nitrogens with one attached hydrogen (secondary N) is 3. The molecular formula is C44H59N3O16S2. The molecule has 4 aliphatic heterocycles. The quantitative estimate of drug-likeness (QED) is 0.130. The van der Waals surface area contributed by atoms with E-state index < -0.39 is 137 Å². The number of benzene rings is 1. The molecule has 358 valence electrons. The number of methoxy groups -OCH3 is 1. The van der Waals surface area contributed by atoms with E-state index in [-0.39, 0.29) is 44.8 Å². The third kappa shape index (κ3) is 10.3. The van der Waals surface area contributed by atoms with Crippen molar-refractivity contribution in [3.8, 4) is 11.5 Å². The largest absolute Gasteiger partial charge is 0.507 e. The minimum absolute atomic E-state index is 0.0207. The lowest BCUT2D eigenvalue weighted by Gasteiger charge is -2.40. The summed E-state index contributed by atoms with van der Waals surface area (Å²) in [6.45, 7) is 10.1. The Morgan fingerprint density at radius 2 is 1.52 bits per heavy atom. The van der Waals surface area contributed by atoms with Gasteiger partial charge < -0.3 is 75.8 Å². The Bertz CT molecular complexity index is 2160. The summed E-state index contributed by atoms with van der Waals surface area (Å²) in [5.74, 6) is -9.28. The van der Waals surface area contributed by atoms with Crippen LogP contribution < -0.4 is 20.7 Å². The van der Waals surface area contributed by atoms with Gasteiger partial charge in [0.1, 0.15) is 41.6 Å². The lowest BCUT2D eigenvalue weighted by Crippen LogP contribution is -2.64. The number of hydrogen-bond acceptors (Lipinski definition) is 18. The van der Waals surface area contributed by atoms with Gasteiger partial charge in [-0.3, -0.25) is 19.2 Å². The normalized spacial score (nSPS) is 36.0. The van der Waals surface area contributed by atoms with E-state index in [0.29, 0.717) is 0 Å². The summed E-state index contributed by atoms with van der Waals surface area (Å²) in [6, 6.07) is 0. The number of hydrogen-bond donors (Lipinski definition) is 11. The number of ether oxygens (including phenoxy) is 4. The van der Waals surface area contributed by atoms with Gasteiger partial charge in [-0.1, -0.05) is 45.9 Å². The van der Waals surface area contributed by atoms with Gasteiger partial charge in [-0.05, 0) is 32.1 Å². The van der Waals surface area contributed by atoms with Gasteiger partial charge in [-0.25, -0.2) is 0 Å². The first-order valence-electron chi connectivity index (χ1n) is 21.0. The number of fused-ring (bicyclic) bond motifs is 14. The van der Waals surface area contributed by atoms with E-state index in [1.807, 2.05) is 0 Å². The lowest BCUT2D eigenvalue weighted by atomic mass is 9.78. The first-order valence-corrected chi connectivity index (χ1v) is 22.4. The second-order valence-electron chi connectivity index (χ2n) is 16.9. The fraction of sp³-hybridized carbons (Fsp3) is 0.568. The number of allylic oxidation sites excluding steroid dienone is 4. The van der Waals surface area contributed by atoms with E-state index in [4.69, 9.17) is 31.2 Å². The summed E-state index contributed by atoms with van der Waals surface area (Å²) < 4.78 is 23.0. The smallest absolute Gasteiger partial charge is 0.312 e. The number of rotatable bonds is 7. The first-order chi connectivity index (χ1) is 30.5. The van der Waals surface area contributed by atoms with E-state index >= 15 is 0 Å². The van der Waals surface area contributed by atoms with Crippen LogP contribution in [0, 0.1) is 30.6 Å². The van der Waals surface area contributed by atoms with Crippen LogP contribution in [0.25, 0.3) is 0 Å². The molecule has 0 saturated carbocycles. The predicted octanol–water partition coefficient (Wildman–Crippen LogP) is 0.384. The summed E-state index contributed by atoms with van der Waals surface area (Å²) in [5.41, 5.74) is -1.85. The Hall–Kier alpha value is -4.26. The highest BCUT2D eigenvalue weighted by Crippen LogP contribution is 2.49. The zero-order valence-corrected chi connectivity index (χ0v) is 38.8. The number of aromatic hydroxyl groups is 1. The van der Waals surface area contributed by atoms with Crippen molar-refractivity contribution < 1.29 is 79.0 Å². The summed E-state index contributed by atoms with van der Waals surface area (Å²) >= 11 is 6.12. The van der Waals surface area contributed by atoms with E-state index in [1.54, 1.807) is 33.8 Å². The second-order valence-corrected chi connectivity index (χ2v) is 18.4. The Morgan fingerprint density at radius 3 is 2.17 bits per heavy atom. The summed E-state index contributed by atoms with van der Waals surface area (Å²) in [5, 5.41) is 93.4. The molecule has 0 spiro atoms. The van der Waals surface area contributed by atoms with Crippen molar-refractivity contribution >= 4 is 52.3 Å². The fourth-order valence-corrected chi connectivity index (χ4v) is 9.28. The number of ketones is 3. The van der Waals surface area contributed by atoms with Crippen molar-refractivity contribution in [3.05, 3.63) is 69.0 Å². The highest BCUT2D eigenvalue weighted by Gasteiger charge is 2.53. The van der Waals surface area contributed by atoms with Gasteiger partial charge in [-0.2, -0.15) is 0 Å². The fourth-order valence-electron chi connectivity index (χ4n) is 8.13. The second kappa shape index (κ2) is 21.1. The zero-order chi connectivity index (χ0) is 48.4. The molecule has 21 heteroatoms. The number of phenols is 1. The average Bonchev–Trinajstić information content (AvgIpc) is 3.54. The minimum atomic E-state index is -2.14. The van der Waals surface area contributed by atoms with Crippen LogP contribution in [0.2, 0.25) is 0 Å². The number of Topliss-reactive ketones (excluding diaryl/α,β-unsaturated/α-hetero) is 3. The van der Waals surface area contributed by atoms with Crippen molar-refractivity contribution in [1.29, 1.82) is 0 Å². The van der Waals surface area contributed by atoms with E-state index in [0.717, 1.165) is 18.0 Å². The number of amides is 1. The maximum atomic E-state index is 14.7. The van der Waals surface area contributed by atoms with Gasteiger partial charge in [0.2, 0.25) is 11.6 Å². The number of thiocarbonyl (C=S) groups is 1. The highest BCUT2D eigenvalue weighted by molar-refractivity contribution is 8.04. The van der Waals surface area contributed by atoms with Crippen LogP contribution in [-0.2, 0) is 19.0 Å². The maximum absolute atomic E-state index is 14.7. The molecule has 14 atom stereocenters. The van der Waals surface area contributed by atoms with Gasteiger partial charge in [0.05, 0.1) is 58.9 Å². The van der Waals surface area contributed by atoms with Gasteiger partial charge in [0.15, 0.2) is 11.3 Å². The Morgan fingerprint density at radius 1 is 0.877 bits per heavy atom. The monoisotopic (exact) mass is 949 g/mol. The number of phenolic OH excluding ortho intramolecular Hbond substituents is 1. The van der Waals surface area contributed by atoms with E-state index in [2.05, 4.69) is 16.0 Å². The third-order valence-electron chi connectivity index (χ3n) is 12.5. The molecule has 0 radical (unpaired) electrons. The molecule has 1 aromatic carbocycles. The van der Waals surface area contributed by atoms with Gasteiger partial charge in [-0.15, -0.1) is 11.8 Å². The number of aliphatic hydroxyl groups is 7. The zero-order valence-electron chi connectivity index (χ0n) is 37.2. The van der Waals surface area contributed by atoms with E-state index in [1.165, 1.54) is 46.1 Å². The van der Waals surface area contributed by atoms with Crippen molar-refractivity contribution in [3.63, 3.8) is 0 Å². The third-order valence-corrected chi connectivity index (χ3v) is 13.8. The molecule has 6 rings (SSSR count). The van der Waals surface area contributed by atoms with Crippen molar-refractivity contribution in [2.45, 2.75) is 109 Å². The standard InChI is InChI=1S/C44H59N3O16S2/c1-17-10-9-11-18(2)41(59)46-28-34(54)26-25(35(55)39(28)65-15-13-45-43(64)47-42-37(57)36(56)33(53)24(16-48)62-42)27-38(22(6)32(26)52)63-44(7,40(27)58)61-14-12-23(60-8)19(3)30(50)21(5)31(51)20(4)29(17)49/h9-12,14,17,19-21,23-24,29-31,33,36-37,42,48-53,56-57H,13,15-16H2,1-8H3,(H,46,59)(H2,45,47,64)/b10-9-,14-12?,18-11-/t17-,19+,20+,21-,23-,24+,29-,30+,31+,33+,36-,37+,42+,44-/m0/s1. The number of aliphatic hydroxyl groups excluding tert-OH is 7. The van der Waals surface area contributed by atoms with Gasteiger partial charge in [0.25, 0.3) is 11.7 Å². The van der Waals surface area contributed by atoms with Gasteiger partial charge >= 0.3 is 5.79 Å². The Labute approximate surface area is 385 Å². The van der Waals surface area contributed by atoms with Crippen molar-refractivity contribution in [1.82, 2.24) is 16.0 Å². The van der Waals surface area contributed by atoms with Crippen molar-refractivity contribution in [2.75, 3.05) is 26.0 Å². The summed E-state index contributed by atoms with van der Waals surface area (Å²) in [4.78, 5) is 57.0. The molecule has 0 unspecified atom stereocenters. The van der Waals surface area contributed by atoms with Crippen LogP contribution in [0.15, 0.2) is 46.7 Å². The molecule has 5 bridgehead atoms. The molecule has 5 aliphatic rings. The average molecular weight is 950 g/mol. The van der Waals surface area contributed by atoms with Crippen LogP contribution in [0.4, 0.5) is 0 Å². The van der Waals surface area contributed by atoms with Crippen molar-refractivity contribution in [2.24, 2.45) is 23.7 Å². The van der Waals surface area contributed by atoms with Crippen LogP contribution in [0.5, 0.6) is 11.5 Å². The molecule has 0 aromatic heterocycles. The van der Waals surface area contributed by atoms with E-state index in [9.17, 15) is 60.0 Å². The molecular weight excluding hydrogens is 891 g/mol. The predicted molar refractivity (Wildman–Crippen MR) is 239 cm³/mol. The van der Waals surface area contributed by atoms with Gasteiger partial charge in [0, 0.05) is 61.1 Å².